The molecule has 3 rings (SSSR count). The van der Waals surface area contributed by atoms with Crippen LogP contribution >= 0.6 is 0 Å². The molecule has 0 saturated carbocycles. The molecule has 1 aliphatic rings. The van der Waals surface area contributed by atoms with Crippen LogP contribution in [-0.4, -0.2) is 19.1 Å². The summed E-state index contributed by atoms with van der Waals surface area (Å²) < 4.78 is 11.0. The lowest BCUT2D eigenvalue weighted by Crippen LogP contribution is -2.30. The molecule has 1 aliphatic heterocycles. The third-order valence-corrected chi connectivity index (χ3v) is 3.38. The number of carbonyl (C=O) groups is 1. The van der Waals surface area contributed by atoms with Crippen LogP contribution in [0.2, 0.25) is 0 Å². The number of hydrogen-bond acceptors (Lipinski definition) is 3. The van der Waals surface area contributed by atoms with Crippen LogP contribution in [0, 0.1) is 6.92 Å². The van der Waals surface area contributed by atoms with Crippen molar-refractivity contribution in [2.24, 2.45) is 0 Å². The minimum absolute atomic E-state index is 0.0900. The Labute approximate surface area is 123 Å². The van der Waals surface area contributed by atoms with Crippen LogP contribution in [-0.2, 0) is 11.2 Å². The van der Waals surface area contributed by atoms with Crippen molar-refractivity contribution in [1.82, 2.24) is 5.32 Å². The van der Waals surface area contributed by atoms with Crippen LogP contribution in [0.15, 0.2) is 46.4 Å². The largest absolute Gasteiger partial charge is 0.488 e. The number of rotatable bonds is 4. The minimum Gasteiger partial charge on any atom is -0.488 e. The summed E-state index contributed by atoms with van der Waals surface area (Å²) in [6.07, 6.45) is 2.56. The molecule has 0 atom stereocenters. The molecule has 2 heterocycles. The number of hydrogen-bond donors (Lipinski definition) is 1. The Kier molecular flexibility index (Phi) is 3.77. The van der Waals surface area contributed by atoms with Crippen LogP contribution in [0.3, 0.4) is 0 Å². The van der Waals surface area contributed by atoms with Crippen LogP contribution in [0.4, 0.5) is 0 Å². The summed E-state index contributed by atoms with van der Waals surface area (Å²) in [4.78, 5) is 12.1. The van der Waals surface area contributed by atoms with Gasteiger partial charge in [-0.2, -0.15) is 0 Å². The molecule has 4 nitrogen and oxygen atoms in total. The first-order valence-electron chi connectivity index (χ1n) is 6.98. The summed E-state index contributed by atoms with van der Waals surface area (Å²) in [6.45, 7) is 2.76. The number of carbonyl (C=O) groups excluding carboxylic acids is 1. The monoisotopic (exact) mass is 283 g/mol. The van der Waals surface area contributed by atoms with Gasteiger partial charge in [0.15, 0.2) is 0 Å². The highest BCUT2D eigenvalue weighted by Gasteiger charge is 2.16. The molecule has 108 valence electrons. The zero-order valence-corrected chi connectivity index (χ0v) is 11.9. The van der Waals surface area contributed by atoms with Gasteiger partial charge in [0.2, 0.25) is 0 Å². The van der Waals surface area contributed by atoms with Gasteiger partial charge in [-0.25, -0.2) is 0 Å². The predicted molar refractivity (Wildman–Crippen MR) is 80.1 cm³/mol. The van der Waals surface area contributed by atoms with E-state index in [4.69, 9.17) is 9.15 Å². The Bertz CT molecular complexity index is 685. The molecule has 0 saturated heterocycles. The summed E-state index contributed by atoms with van der Waals surface area (Å²) in [7, 11) is 0. The molecule has 1 N–H and O–H groups in total. The molecule has 0 unspecified atom stereocenters. The maximum absolute atomic E-state index is 12.1. The first-order chi connectivity index (χ1) is 10.2. The zero-order valence-electron chi connectivity index (χ0n) is 11.9. The third-order valence-electron chi connectivity index (χ3n) is 3.38. The third kappa shape index (κ3) is 3.16. The normalized spacial score (nSPS) is 13.1. The van der Waals surface area contributed by atoms with Crippen molar-refractivity contribution >= 4 is 12.0 Å². The molecule has 0 fully saturated rings. The quantitative estimate of drug-likeness (QED) is 0.938. The van der Waals surface area contributed by atoms with Crippen LogP contribution in [0.25, 0.3) is 6.08 Å². The van der Waals surface area contributed by atoms with Gasteiger partial charge in [-0.05, 0) is 31.2 Å². The average Bonchev–Trinajstić information content (AvgIpc) is 2.92. The van der Waals surface area contributed by atoms with Crippen molar-refractivity contribution in [1.29, 1.82) is 0 Å². The number of furan rings is 1. The van der Waals surface area contributed by atoms with Crippen molar-refractivity contribution in [2.75, 3.05) is 13.2 Å². The second-order valence-electron chi connectivity index (χ2n) is 5.01. The van der Waals surface area contributed by atoms with Gasteiger partial charge in [0.05, 0.1) is 5.57 Å². The molecule has 4 heteroatoms. The summed E-state index contributed by atoms with van der Waals surface area (Å²) in [6, 6.07) is 11.5. The fraction of sp³-hybridized carbons (Fsp3) is 0.235. The summed E-state index contributed by atoms with van der Waals surface area (Å²) >= 11 is 0. The zero-order chi connectivity index (χ0) is 14.7. The van der Waals surface area contributed by atoms with Crippen molar-refractivity contribution in [3.05, 3.63) is 59.1 Å². The molecule has 0 bridgehead atoms. The molecule has 1 amide bonds. The molecule has 21 heavy (non-hydrogen) atoms. The van der Waals surface area contributed by atoms with E-state index in [0.29, 0.717) is 25.1 Å². The number of nitrogens with one attached hydrogen (secondary N) is 1. The van der Waals surface area contributed by atoms with Gasteiger partial charge < -0.3 is 14.5 Å². The molecule has 0 aliphatic carbocycles. The van der Waals surface area contributed by atoms with Gasteiger partial charge in [0.1, 0.15) is 23.9 Å². The Balaban J connectivity index is 1.58. The standard InChI is InChI=1S/C17H17NO3/c1-12-6-7-15(21-12)8-9-18-17(19)14-10-13-4-2-3-5-16(13)20-11-14/h2-7,10H,8-9,11H2,1H3,(H,18,19). The van der Waals surface area contributed by atoms with Gasteiger partial charge in [-0.1, -0.05) is 18.2 Å². The number of amides is 1. The van der Waals surface area contributed by atoms with E-state index < -0.39 is 0 Å². The van der Waals surface area contributed by atoms with Gasteiger partial charge in [-0.15, -0.1) is 0 Å². The lowest BCUT2D eigenvalue weighted by atomic mass is 10.1. The Morgan fingerprint density at radius 3 is 2.90 bits per heavy atom. The van der Waals surface area contributed by atoms with Gasteiger partial charge in [-0.3, -0.25) is 4.79 Å². The maximum Gasteiger partial charge on any atom is 0.250 e. The number of para-hydroxylation sites is 1. The van der Waals surface area contributed by atoms with Crippen molar-refractivity contribution in [2.45, 2.75) is 13.3 Å². The Hall–Kier alpha value is -2.49. The molecular weight excluding hydrogens is 266 g/mol. The highest BCUT2D eigenvalue weighted by Crippen LogP contribution is 2.25. The SMILES string of the molecule is Cc1ccc(CCNC(=O)C2=Cc3ccccc3OC2)o1. The second-order valence-corrected chi connectivity index (χ2v) is 5.01. The lowest BCUT2D eigenvalue weighted by Gasteiger charge is -2.17. The first-order valence-corrected chi connectivity index (χ1v) is 6.98. The number of fused-ring (bicyclic) bond motifs is 1. The fourth-order valence-electron chi connectivity index (χ4n) is 2.28. The van der Waals surface area contributed by atoms with Crippen LogP contribution < -0.4 is 10.1 Å². The van der Waals surface area contributed by atoms with Crippen LogP contribution in [0.1, 0.15) is 17.1 Å². The molecule has 0 spiro atoms. The number of benzene rings is 1. The van der Waals surface area contributed by atoms with E-state index >= 15 is 0 Å². The van der Waals surface area contributed by atoms with Crippen molar-refractivity contribution < 1.29 is 13.9 Å². The van der Waals surface area contributed by atoms with E-state index in [1.54, 1.807) is 0 Å². The van der Waals surface area contributed by atoms with E-state index in [9.17, 15) is 4.79 Å². The van der Waals surface area contributed by atoms with E-state index in [2.05, 4.69) is 5.32 Å². The fourth-order valence-corrected chi connectivity index (χ4v) is 2.28. The summed E-state index contributed by atoms with van der Waals surface area (Å²) in [5, 5.41) is 2.89. The lowest BCUT2D eigenvalue weighted by molar-refractivity contribution is -0.117. The maximum atomic E-state index is 12.1. The van der Waals surface area contributed by atoms with Crippen LogP contribution in [0.5, 0.6) is 5.75 Å². The smallest absolute Gasteiger partial charge is 0.250 e. The minimum atomic E-state index is -0.0900. The van der Waals surface area contributed by atoms with Crippen molar-refractivity contribution in [3.63, 3.8) is 0 Å². The van der Waals surface area contributed by atoms with E-state index in [1.165, 1.54) is 0 Å². The summed E-state index contributed by atoms with van der Waals surface area (Å²) in [5.41, 5.74) is 1.58. The highest BCUT2D eigenvalue weighted by atomic mass is 16.5. The Morgan fingerprint density at radius 2 is 2.10 bits per heavy atom. The highest BCUT2D eigenvalue weighted by molar-refractivity contribution is 5.99. The molecule has 1 aromatic heterocycles. The van der Waals surface area contributed by atoms with E-state index in [1.807, 2.05) is 49.4 Å². The number of ether oxygens (including phenoxy) is 1. The van der Waals surface area contributed by atoms with Gasteiger partial charge >= 0.3 is 0 Å². The van der Waals surface area contributed by atoms with Crippen molar-refractivity contribution in [3.8, 4) is 5.75 Å². The first kappa shape index (κ1) is 13.5. The molecule has 1 aromatic carbocycles. The van der Waals surface area contributed by atoms with E-state index in [-0.39, 0.29) is 5.91 Å². The Morgan fingerprint density at radius 1 is 1.24 bits per heavy atom. The van der Waals surface area contributed by atoms with Gasteiger partial charge in [0, 0.05) is 18.5 Å². The topological polar surface area (TPSA) is 51.5 Å². The number of aryl methyl sites for hydroxylation is 1. The average molecular weight is 283 g/mol. The molecule has 2 aromatic rings. The second kappa shape index (κ2) is 5.87. The summed E-state index contributed by atoms with van der Waals surface area (Å²) in [5.74, 6) is 2.50. The van der Waals surface area contributed by atoms with E-state index in [0.717, 1.165) is 22.8 Å². The molecule has 0 radical (unpaired) electrons. The predicted octanol–water partition coefficient (Wildman–Crippen LogP) is 2.72. The molecular formula is C17H17NO3. The van der Waals surface area contributed by atoms with Gasteiger partial charge in [0.25, 0.3) is 5.91 Å².